The summed E-state index contributed by atoms with van der Waals surface area (Å²) in [6.07, 6.45) is -4.56. The van der Waals surface area contributed by atoms with E-state index in [1.807, 2.05) is 0 Å². The van der Waals surface area contributed by atoms with Crippen molar-refractivity contribution in [3.8, 4) is 0 Å². The monoisotopic (exact) mass is 323 g/mol. The third kappa shape index (κ3) is 3.60. The fraction of sp³-hybridized carbons (Fsp3) is 0.0667. The molecule has 0 atom stereocenters. The van der Waals surface area contributed by atoms with Crippen LogP contribution in [0.3, 0.4) is 0 Å². The van der Waals surface area contributed by atoms with Crippen molar-refractivity contribution >= 4 is 23.3 Å². The van der Waals surface area contributed by atoms with Crippen molar-refractivity contribution in [3.63, 3.8) is 0 Å². The molecule has 0 saturated carbocycles. The minimum atomic E-state index is -4.56. The van der Waals surface area contributed by atoms with Crippen LogP contribution >= 0.6 is 0 Å². The van der Waals surface area contributed by atoms with Gasteiger partial charge in [-0.3, -0.25) is 9.69 Å². The maximum atomic E-state index is 12.8. The van der Waals surface area contributed by atoms with Crippen LogP contribution in [0.25, 0.3) is 0 Å². The molecule has 0 aliphatic rings. The largest absolute Gasteiger partial charge is 0.416 e. The molecule has 2 rings (SSSR count). The van der Waals surface area contributed by atoms with Crippen molar-refractivity contribution in [2.45, 2.75) is 6.18 Å². The SMILES string of the molecule is NC(=O)c1cccc(N(C(N)=O)c2cccc(C(F)(F)F)c2)c1. The Morgan fingerprint density at radius 3 is 2.00 bits per heavy atom. The molecule has 3 amide bonds. The number of urea groups is 1. The lowest BCUT2D eigenvalue weighted by Crippen LogP contribution is -2.31. The number of carbonyl (C=O) groups excluding carboxylic acids is 2. The maximum absolute atomic E-state index is 12.8. The normalized spacial score (nSPS) is 11.1. The molecule has 0 heterocycles. The van der Waals surface area contributed by atoms with Gasteiger partial charge in [-0.15, -0.1) is 0 Å². The van der Waals surface area contributed by atoms with Crippen LogP contribution in [-0.4, -0.2) is 11.9 Å². The lowest BCUT2D eigenvalue weighted by Gasteiger charge is -2.22. The number of benzene rings is 2. The number of anilines is 2. The highest BCUT2D eigenvalue weighted by Crippen LogP contribution is 2.33. The van der Waals surface area contributed by atoms with E-state index >= 15 is 0 Å². The van der Waals surface area contributed by atoms with Crippen molar-refractivity contribution in [3.05, 3.63) is 59.7 Å². The minimum absolute atomic E-state index is 0.0751. The van der Waals surface area contributed by atoms with Crippen LogP contribution in [0.4, 0.5) is 29.3 Å². The first-order chi connectivity index (χ1) is 10.7. The molecule has 2 aromatic carbocycles. The van der Waals surface area contributed by atoms with Crippen molar-refractivity contribution in [1.82, 2.24) is 0 Å². The van der Waals surface area contributed by atoms with E-state index in [1.165, 1.54) is 30.3 Å². The number of primary amides is 2. The zero-order valence-electron chi connectivity index (χ0n) is 11.7. The summed E-state index contributed by atoms with van der Waals surface area (Å²) in [6.45, 7) is 0. The van der Waals surface area contributed by atoms with Gasteiger partial charge in [0.25, 0.3) is 0 Å². The van der Waals surface area contributed by atoms with Gasteiger partial charge in [-0.2, -0.15) is 13.2 Å². The quantitative estimate of drug-likeness (QED) is 0.909. The lowest BCUT2D eigenvalue weighted by atomic mass is 10.1. The standard InChI is InChI=1S/C15H12F3N3O2/c16-15(17,18)10-4-2-6-12(8-10)21(14(20)23)11-5-1-3-9(7-11)13(19)22/h1-8H,(H2,19,22)(H2,20,23). The molecule has 0 fully saturated rings. The number of hydrogen-bond donors (Lipinski definition) is 2. The number of hydrogen-bond acceptors (Lipinski definition) is 2. The average molecular weight is 323 g/mol. The Morgan fingerprint density at radius 1 is 0.913 bits per heavy atom. The van der Waals surface area contributed by atoms with E-state index in [0.717, 1.165) is 23.1 Å². The molecule has 0 spiro atoms. The topological polar surface area (TPSA) is 89.4 Å². The lowest BCUT2D eigenvalue weighted by molar-refractivity contribution is -0.137. The van der Waals surface area contributed by atoms with Crippen LogP contribution in [0.2, 0.25) is 0 Å². The Labute approximate surface area is 129 Å². The summed E-state index contributed by atoms with van der Waals surface area (Å²) < 4.78 is 38.4. The molecule has 0 unspecified atom stereocenters. The zero-order chi connectivity index (χ0) is 17.2. The molecule has 0 saturated heterocycles. The van der Waals surface area contributed by atoms with E-state index in [2.05, 4.69) is 0 Å². The van der Waals surface area contributed by atoms with Crippen molar-refractivity contribution in [1.29, 1.82) is 0 Å². The number of nitrogens with zero attached hydrogens (tertiary/aromatic N) is 1. The molecule has 4 N–H and O–H groups in total. The molecule has 0 radical (unpaired) electrons. The molecule has 0 aliphatic heterocycles. The van der Waals surface area contributed by atoms with Gasteiger partial charge < -0.3 is 11.5 Å². The summed E-state index contributed by atoms with van der Waals surface area (Å²) >= 11 is 0. The van der Waals surface area contributed by atoms with Crippen molar-refractivity contribution < 1.29 is 22.8 Å². The van der Waals surface area contributed by atoms with E-state index in [1.54, 1.807) is 0 Å². The molecule has 8 heteroatoms. The van der Waals surface area contributed by atoms with Gasteiger partial charge in [0.1, 0.15) is 0 Å². The molecule has 0 bridgehead atoms. The van der Waals surface area contributed by atoms with Gasteiger partial charge in [0.05, 0.1) is 16.9 Å². The summed E-state index contributed by atoms with van der Waals surface area (Å²) in [4.78, 5) is 23.8. The molecular weight excluding hydrogens is 311 g/mol. The highest BCUT2D eigenvalue weighted by molar-refractivity contribution is 6.00. The zero-order valence-corrected chi connectivity index (χ0v) is 11.7. The van der Waals surface area contributed by atoms with Crippen LogP contribution in [0.1, 0.15) is 15.9 Å². The second-order valence-electron chi connectivity index (χ2n) is 4.64. The number of nitrogens with two attached hydrogens (primary N) is 2. The summed E-state index contributed by atoms with van der Waals surface area (Å²) in [6, 6.07) is 8.69. The summed E-state index contributed by atoms with van der Waals surface area (Å²) in [7, 11) is 0. The average Bonchev–Trinajstić information content (AvgIpc) is 2.47. The summed E-state index contributed by atoms with van der Waals surface area (Å²) in [5.41, 5.74) is 9.66. The van der Waals surface area contributed by atoms with Gasteiger partial charge in [-0.05, 0) is 36.4 Å². The Morgan fingerprint density at radius 2 is 1.48 bits per heavy atom. The highest BCUT2D eigenvalue weighted by Gasteiger charge is 2.31. The second kappa shape index (κ2) is 5.99. The van der Waals surface area contributed by atoms with E-state index < -0.39 is 23.7 Å². The van der Waals surface area contributed by atoms with Gasteiger partial charge in [0, 0.05) is 5.56 Å². The van der Waals surface area contributed by atoms with Gasteiger partial charge >= 0.3 is 12.2 Å². The Balaban J connectivity index is 2.54. The van der Waals surface area contributed by atoms with Crippen LogP contribution in [0, 0.1) is 0 Å². The van der Waals surface area contributed by atoms with Gasteiger partial charge in [-0.1, -0.05) is 12.1 Å². The predicted molar refractivity (Wildman–Crippen MR) is 78.1 cm³/mol. The highest BCUT2D eigenvalue weighted by atomic mass is 19.4. The fourth-order valence-corrected chi connectivity index (χ4v) is 2.02. The van der Waals surface area contributed by atoms with Gasteiger partial charge in [-0.25, -0.2) is 4.79 Å². The fourth-order valence-electron chi connectivity index (χ4n) is 2.02. The number of alkyl halides is 3. The predicted octanol–water partition coefficient (Wildman–Crippen LogP) is 3.02. The first-order valence-corrected chi connectivity index (χ1v) is 6.37. The van der Waals surface area contributed by atoms with E-state index in [9.17, 15) is 22.8 Å². The second-order valence-corrected chi connectivity index (χ2v) is 4.64. The molecule has 0 aliphatic carbocycles. The summed E-state index contributed by atoms with van der Waals surface area (Å²) in [5, 5.41) is 0. The van der Waals surface area contributed by atoms with Crippen LogP contribution in [-0.2, 0) is 6.18 Å². The first-order valence-electron chi connectivity index (χ1n) is 6.37. The number of amides is 3. The third-order valence-electron chi connectivity index (χ3n) is 3.04. The number of halogens is 3. The van der Waals surface area contributed by atoms with Gasteiger partial charge in [0.2, 0.25) is 5.91 Å². The molecule has 23 heavy (non-hydrogen) atoms. The maximum Gasteiger partial charge on any atom is 0.416 e. The van der Waals surface area contributed by atoms with Crippen molar-refractivity contribution in [2.24, 2.45) is 11.5 Å². The third-order valence-corrected chi connectivity index (χ3v) is 3.04. The van der Waals surface area contributed by atoms with Crippen LogP contribution < -0.4 is 16.4 Å². The van der Waals surface area contributed by atoms with Crippen LogP contribution in [0.15, 0.2) is 48.5 Å². The molecule has 0 aromatic heterocycles. The van der Waals surface area contributed by atoms with Crippen molar-refractivity contribution in [2.75, 3.05) is 4.90 Å². The molecule has 5 nitrogen and oxygen atoms in total. The first kappa shape index (κ1) is 16.3. The van der Waals surface area contributed by atoms with Crippen LogP contribution in [0.5, 0.6) is 0 Å². The Hall–Kier alpha value is -3.03. The minimum Gasteiger partial charge on any atom is -0.366 e. The Bertz CT molecular complexity index is 760. The molecule has 120 valence electrons. The smallest absolute Gasteiger partial charge is 0.366 e. The van der Waals surface area contributed by atoms with E-state index in [4.69, 9.17) is 11.5 Å². The van der Waals surface area contributed by atoms with E-state index in [0.29, 0.717) is 0 Å². The Kier molecular flexibility index (Phi) is 4.26. The number of rotatable bonds is 3. The van der Waals surface area contributed by atoms with E-state index in [-0.39, 0.29) is 16.9 Å². The number of carbonyl (C=O) groups is 2. The molecule has 2 aromatic rings. The molecular formula is C15H12F3N3O2. The summed E-state index contributed by atoms with van der Waals surface area (Å²) in [5.74, 6) is -0.736. The van der Waals surface area contributed by atoms with Gasteiger partial charge in [0.15, 0.2) is 0 Å².